The van der Waals surface area contributed by atoms with Crippen molar-refractivity contribution >= 4 is 17.6 Å². The van der Waals surface area contributed by atoms with E-state index in [0.717, 1.165) is 12.2 Å². The monoisotopic (exact) mass is 261 g/mol. The first-order valence-corrected chi connectivity index (χ1v) is 6.89. The molecule has 0 fully saturated rings. The molecule has 0 amide bonds. The van der Waals surface area contributed by atoms with Crippen LogP contribution in [0.25, 0.3) is 0 Å². The van der Waals surface area contributed by atoms with Crippen LogP contribution in [-0.2, 0) is 6.42 Å². The fourth-order valence-corrected chi connectivity index (χ4v) is 1.89. The van der Waals surface area contributed by atoms with E-state index >= 15 is 0 Å². The van der Waals surface area contributed by atoms with Gasteiger partial charge in [-0.3, -0.25) is 0 Å². The molecule has 0 aliphatic heterocycles. The van der Waals surface area contributed by atoms with Gasteiger partial charge in [0.2, 0.25) is 5.88 Å². The summed E-state index contributed by atoms with van der Waals surface area (Å²) in [5.74, 6) is 1.65. The zero-order valence-electron chi connectivity index (χ0n) is 10.4. The van der Waals surface area contributed by atoms with Gasteiger partial charge in [0, 0.05) is 6.07 Å². The molecule has 0 radical (unpaired) electrons. The van der Waals surface area contributed by atoms with Gasteiger partial charge in [0.05, 0.1) is 0 Å². The standard InChI is InChI=1S/C13H15N3OS/c1-3-9-5-4-6-10(7-9)17-12-8-11(14)15-13(16-12)18-2/h4-8H,3H2,1-2H3,(H2,14,15,16). The normalized spacial score (nSPS) is 10.3. The van der Waals surface area contributed by atoms with Crippen LogP contribution in [0.2, 0.25) is 0 Å². The highest BCUT2D eigenvalue weighted by atomic mass is 32.2. The van der Waals surface area contributed by atoms with Gasteiger partial charge in [-0.15, -0.1) is 0 Å². The van der Waals surface area contributed by atoms with Gasteiger partial charge in [0.15, 0.2) is 5.16 Å². The summed E-state index contributed by atoms with van der Waals surface area (Å²) in [5, 5.41) is 0.608. The number of hydrogen-bond acceptors (Lipinski definition) is 5. The SMILES string of the molecule is CCc1cccc(Oc2cc(N)nc(SC)n2)c1. The van der Waals surface area contributed by atoms with E-state index in [1.807, 2.05) is 24.5 Å². The molecule has 2 N–H and O–H groups in total. The van der Waals surface area contributed by atoms with Gasteiger partial charge in [-0.25, -0.2) is 4.98 Å². The number of benzene rings is 1. The maximum Gasteiger partial charge on any atom is 0.225 e. The number of nitrogens with zero attached hydrogens (tertiary/aromatic N) is 2. The third kappa shape index (κ3) is 3.13. The number of ether oxygens (including phenoxy) is 1. The van der Waals surface area contributed by atoms with Gasteiger partial charge in [-0.05, 0) is 30.4 Å². The summed E-state index contributed by atoms with van der Waals surface area (Å²) in [4.78, 5) is 8.33. The lowest BCUT2D eigenvalue weighted by atomic mass is 10.2. The average molecular weight is 261 g/mol. The predicted molar refractivity (Wildman–Crippen MR) is 74.1 cm³/mol. The molecule has 0 bridgehead atoms. The van der Waals surface area contributed by atoms with Crippen LogP contribution in [0, 0.1) is 0 Å². The van der Waals surface area contributed by atoms with E-state index < -0.39 is 0 Å². The average Bonchev–Trinajstić information content (AvgIpc) is 2.38. The van der Waals surface area contributed by atoms with Crippen molar-refractivity contribution in [2.45, 2.75) is 18.5 Å². The molecule has 2 aromatic rings. The van der Waals surface area contributed by atoms with Crippen LogP contribution >= 0.6 is 11.8 Å². The second-order valence-corrected chi connectivity index (χ2v) is 4.49. The first-order chi connectivity index (χ1) is 8.71. The first kappa shape index (κ1) is 12.7. The van der Waals surface area contributed by atoms with Crippen LogP contribution in [0.5, 0.6) is 11.6 Å². The van der Waals surface area contributed by atoms with E-state index in [2.05, 4.69) is 23.0 Å². The van der Waals surface area contributed by atoms with E-state index in [-0.39, 0.29) is 0 Å². The number of aromatic nitrogens is 2. The summed E-state index contributed by atoms with van der Waals surface area (Å²) in [7, 11) is 0. The smallest absolute Gasteiger partial charge is 0.225 e. The zero-order valence-corrected chi connectivity index (χ0v) is 11.2. The van der Waals surface area contributed by atoms with E-state index in [0.29, 0.717) is 16.9 Å². The number of thioether (sulfide) groups is 1. The number of nitrogens with two attached hydrogens (primary N) is 1. The van der Waals surface area contributed by atoms with Gasteiger partial charge >= 0.3 is 0 Å². The van der Waals surface area contributed by atoms with Gasteiger partial charge in [0.1, 0.15) is 11.6 Å². The van der Waals surface area contributed by atoms with Crippen molar-refractivity contribution in [2.75, 3.05) is 12.0 Å². The summed E-state index contributed by atoms with van der Waals surface area (Å²) in [5.41, 5.74) is 6.92. The molecule has 0 saturated heterocycles. The van der Waals surface area contributed by atoms with Gasteiger partial charge in [0.25, 0.3) is 0 Å². The Labute approximate surface area is 111 Å². The topological polar surface area (TPSA) is 61.0 Å². The Bertz CT molecular complexity index is 546. The van der Waals surface area contributed by atoms with E-state index in [1.54, 1.807) is 6.07 Å². The molecule has 94 valence electrons. The van der Waals surface area contributed by atoms with Crippen molar-refractivity contribution in [1.82, 2.24) is 9.97 Å². The predicted octanol–water partition coefficient (Wildman–Crippen LogP) is 3.14. The molecular formula is C13H15N3OS. The largest absolute Gasteiger partial charge is 0.439 e. The van der Waals surface area contributed by atoms with Crippen LogP contribution < -0.4 is 10.5 Å². The van der Waals surface area contributed by atoms with Gasteiger partial charge in [-0.2, -0.15) is 4.98 Å². The molecule has 4 nitrogen and oxygen atoms in total. The van der Waals surface area contributed by atoms with Crippen molar-refractivity contribution in [2.24, 2.45) is 0 Å². The molecule has 0 spiro atoms. The number of aryl methyl sites for hydroxylation is 1. The highest BCUT2D eigenvalue weighted by Gasteiger charge is 2.04. The summed E-state index contributed by atoms with van der Waals surface area (Å²) in [6.07, 6.45) is 2.87. The van der Waals surface area contributed by atoms with Gasteiger partial charge in [-0.1, -0.05) is 30.8 Å². The quantitative estimate of drug-likeness (QED) is 0.676. The number of anilines is 1. The van der Waals surface area contributed by atoms with Crippen LogP contribution in [0.15, 0.2) is 35.5 Å². The second kappa shape index (κ2) is 5.73. The maximum absolute atomic E-state index is 5.70. The minimum atomic E-state index is 0.413. The number of rotatable bonds is 4. The lowest BCUT2D eigenvalue weighted by molar-refractivity contribution is 0.455. The lowest BCUT2D eigenvalue weighted by Crippen LogP contribution is -1.97. The molecule has 5 heteroatoms. The van der Waals surface area contributed by atoms with Crippen molar-refractivity contribution in [3.8, 4) is 11.6 Å². The van der Waals surface area contributed by atoms with Crippen molar-refractivity contribution in [3.05, 3.63) is 35.9 Å². The molecule has 1 aromatic heterocycles. The first-order valence-electron chi connectivity index (χ1n) is 5.66. The summed E-state index contributed by atoms with van der Waals surface area (Å²) >= 11 is 1.43. The van der Waals surface area contributed by atoms with Crippen molar-refractivity contribution in [3.63, 3.8) is 0 Å². The van der Waals surface area contributed by atoms with Crippen LogP contribution in [0.1, 0.15) is 12.5 Å². The minimum absolute atomic E-state index is 0.413. The molecule has 1 heterocycles. The third-order valence-electron chi connectivity index (χ3n) is 2.41. The molecular weight excluding hydrogens is 246 g/mol. The third-order valence-corrected chi connectivity index (χ3v) is 2.96. The molecule has 0 saturated carbocycles. The van der Waals surface area contributed by atoms with Crippen LogP contribution in [-0.4, -0.2) is 16.2 Å². The van der Waals surface area contributed by atoms with Crippen LogP contribution in [0.3, 0.4) is 0 Å². The molecule has 0 aliphatic carbocycles. The van der Waals surface area contributed by atoms with Gasteiger partial charge < -0.3 is 10.5 Å². The van der Waals surface area contributed by atoms with Crippen molar-refractivity contribution < 1.29 is 4.74 Å². The molecule has 18 heavy (non-hydrogen) atoms. The molecule has 0 aliphatic rings. The molecule has 0 unspecified atom stereocenters. The summed E-state index contributed by atoms with van der Waals surface area (Å²) in [6, 6.07) is 9.55. The Morgan fingerprint density at radius 3 is 2.83 bits per heavy atom. The Morgan fingerprint density at radius 2 is 2.11 bits per heavy atom. The summed E-state index contributed by atoms with van der Waals surface area (Å²) in [6.45, 7) is 2.10. The Morgan fingerprint density at radius 1 is 1.28 bits per heavy atom. The lowest BCUT2D eigenvalue weighted by Gasteiger charge is -2.07. The Kier molecular flexibility index (Phi) is 4.04. The fraction of sp³-hybridized carbons (Fsp3) is 0.231. The van der Waals surface area contributed by atoms with Crippen molar-refractivity contribution in [1.29, 1.82) is 0 Å². The maximum atomic E-state index is 5.70. The number of nitrogen functional groups attached to an aromatic ring is 1. The fourth-order valence-electron chi connectivity index (χ4n) is 1.51. The van der Waals surface area contributed by atoms with Crippen LogP contribution in [0.4, 0.5) is 5.82 Å². The zero-order chi connectivity index (χ0) is 13.0. The molecule has 0 atom stereocenters. The highest BCUT2D eigenvalue weighted by molar-refractivity contribution is 7.98. The van der Waals surface area contributed by atoms with E-state index in [1.165, 1.54) is 17.3 Å². The summed E-state index contributed by atoms with van der Waals surface area (Å²) < 4.78 is 5.70. The molecule has 1 aromatic carbocycles. The molecule has 2 rings (SSSR count). The highest BCUT2D eigenvalue weighted by Crippen LogP contribution is 2.23. The minimum Gasteiger partial charge on any atom is -0.439 e. The van der Waals surface area contributed by atoms with E-state index in [4.69, 9.17) is 10.5 Å². The Balaban J connectivity index is 2.24. The second-order valence-electron chi connectivity index (χ2n) is 3.72. The van der Waals surface area contributed by atoms with E-state index in [9.17, 15) is 0 Å². The Hall–Kier alpha value is -1.75. The number of hydrogen-bond donors (Lipinski definition) is 1.